The maximum absolute atomic E-state index is 11.2. The number of nitrogens with zero attached hydrogens (tertiary/aromatic N) is 2. The number of anilines is 1. The lowest BCUT2D eigenvalue weighted by molar-refractivity contribution is -0.120. The summed E-state index contributed by atoms with van der Waals surface area (Å²) in [6.45, 7) is 0.327. The molecule has 1 atom stereocenters. The molecule has 2 aromatic carbocycles. The molecule has 0 aliphatic carbocycles. The molecule has 156 valence electrons. The van der Waals surface area contributed by atoms with Gasteiger partial charge in [-0.1, -0.05) is 6.07 Å². The average molecular weight is 474 g/mol. The molecular weight excluding hydrogens is 454 g/mol. The molecule has 0 bridgehead atoms. The number of halogens is 1. The number of hydrogen-bond acceptors (Lipinski definition) is 8. The number of ether oxygens (including phenoxy) is 4. The van der Waals surface area contributed by atoms with Gasteiger partial charge >= 0.3 is 0 Å². The Morgan fingerprint density at radius 1 is 1.23 bits per heavy atom. The van der Waals surface area contributed by atoms with Crippen molar-refractivity contribution in [2.75, 3.05) is 33.2 Å². The van der Waals surface area contributed by atoms with E-state index in [0.29, 0.717) is 33.7 Å². The summed E-state index contributed by atoms with van der Waals surface area (Å²) in [5, 5.41) is 9.80. The summed E-state index contributed by atoms with van der Waals surface area (Å²) in [6, 6.07) is 9.35. The monoisotopic (exact) mass is 473 g/mol. The molecule has 0 radical (unpaired) electrons. The first kappa shape index (κ1) is 21.3. The van der Waals surface area contributed by atoms with Crippen LogP contribution in [0.2, 0.25) is 0 Å². The third-order valence-electron chi connectivity index (χ3n) is 4.76. The van der Waals surface area contributed by atoms with Crippen LogP contribution in [0, 0.1) is 11.3 Å². The molecule has 9 heteroatoms. The van der Waals surface area contributed by atoms with Crippen LogP contribution in [0.1, 0.15) is 17.0 Å². The zero-order valence-electron chi connectivity index (χ0n) is 16.9. The Labute approximate surface area is 182 Å². The van der Waals surface area contributed by atoms with Crippen molar-refractivity contribution >= 4 is 28.1 Å². The second-order valence-corrected chi connectivity index (χ2v) is 7.46. The van der Waals surface area contributed by atoms with Gasteiger partial charge in [0.2, 0.25) is 5.88 Å². The molecule has 30 heavy (non-hydrogen) atoms. The maximum atomic E-state index is 11.2. The summed E-state index contributed by atoms with van der Waals surface area (Å²) in [5.41, 5.74) is 8.30. The molecule has 1 aliphatic rings. The quantitative estimate of drug-likeness (QED) is 0.636. The molecule has 1 aliphatic heterocycles. The first-order valence-corrected chi connectivity index (χ1v) is 9.60. The average Bonchev–Trinajstić information content (AvgIpc) is 2.72. The van der Waals surface area contributed by atoms with Gasteiger partial charge in [-0.2, -0.15) is 5.26 Å². The molecule has 8 nitrogen and oxygen atoms in total. The molecule has 1 heterocycles. The zero-order chi connectivity index (χ0) is 22.0. The van der Waals surface area contributed by atoms with Crippen LogP contribution in [0.3, 0.4) is 0 Å². The summed E-state index contributed by atoms with van der Waals surface area (Å²) in [4.78, 5) is 12.9. The molecule has 2 aromatic rings. The molecule has 2 N–H and O–H groups in total. The van der Waals surface area contributed by atoms with Gasteiger partial charge in [-0.15, -0.1) is 0 Å². The van der Waals surface area contributed by atoms with E-state index in [2.05, 4.69) is 22.0 Å². The standard InChI is InChI=1S/C21H20BrN3O5/c1-25(2)15-6-5-12-17(11-7-14(22)19(28-4)16(8-11)27-3)13(9-23)21(24)30-18(12)20(15)29-10-26/h5-8,10,17H,24H2,1-4H3. The van der Waals surface area contributed by atoms with Gasteiger partial charge in [0.05, 0.1) is 30.3 Å². The van der Waals surface area contributed by atoms with Gasteiger partial charge in [-0.3, -0.25) is 4.79 Å². The Morgan fingerprint density at radius 3 is 2.53 bits per heavy atom. The Bertz CT molecular complexity index is 1080. The number of carbonyl (C=O) groups is 1. The summed E-state index contributed by atoms with van der Waals surface area (Å²) in [7, 11) is 6.69. The second-order valence-electron chi connectivity index (χ2n) is 6.60. The van der Waals surface area contributed by atoms with Crippen LogP contribution in [-0.2, 0) is 4.79 Å². The van der Waals surface area contributed by atoms with Gasteiger partial charge in [0.1, 0.15) is 11.6 Å². The minimum Gasteiger partial charge on any atom is -0.493 e. The van der Waals surface area contributed by atoms with Crippen molar-refractivity contribution in [3.63, 3.8) is 0 Å². The molecule has 0 aromatic heterocycles. The second kappa shape index (κ2) is 8.55. The van der Waals surface area contributed by atoms with Crippen molar-refractivity contribution in [2.24, 2.45) is 5.73 Å². The fraction of sp³-hybridized carbons (Fsp3) is 0.238. The number of carbonyl (C=O) groups excluding carboxylic acids is 1. The van der Waals surface area contributed by atoms with E-state index in [1.54, 1.807) is 17.0 Å². The molecule has 0 saturated carbocycles. The molecule has 3 rings (SSSR count). The van der Waals surface area contributed by atoms with E-state index in [1.165, 1.54) is 14.2 Å². The lowest BCUT2D eigenvalue weighted by Crippen LogP contribution is -2.22. The number of nitriles is 1. The number of methoxy groups -OCH3 is 2. The minimum atomic E-state index is -0.569. The van der Waals surface area contributed by atoms with Gasteiger partial charge in [-0.25, -0.2) is 0 Å². The Balaban J connectivity index is 2.31. The molecular formula is C21H20BrN3O5. The van der Waals surface area contributed by atoms with Crippen LogP contribution >= 0.6 is 15.9 Å². The molecule has 1 unspecified atom stereocenters. The molecule has 0 amide bonds. The van der Waals surface area contributed by atoms with E-state index in [-0.39, 0.29) is 23.0 Å². The Kier molecular flexibility index (Phi) is 6.08. The molecule has 0 saturated heterocycles. The Hall–Kier alpha value is -3.38. The summed E-state index contributed by atoms with van der Waals surface area (Å²) in [6.07, 6.45) is 0. The smallest absolute Gasteiger partial charge is 0.298 e. The summed E-state index contributed by atoms with van der Waals surface area (Å²) < 4.78 is 22.5. The number of fused-ring (bicyclic) bond motifs is 1. The van der Waals surface area contributed by atoms with Crippen molar-refractivity contribution in [3.8, 4) is 29.1 Å². The van der Waals surface area contributed by atoms with Crippen LogP contribution in [0.5, 0.6) is 23.0 Å². The van der Waals surface area contributed by atoms with Crippen molar-refractivity contribution in [1.82, 2.24) is 0 Å². The van der Waals surface area contributed by atoms with Crippen molar-refractivity contribution < 1.29 is 23.7 Å². The maximum Gasteiger partial charge on any atom is 0.298 e. The third kappa shape index (κ3) is 3.50. The normalized spacial score (nSPS) is 14.9. The lowest BCUT2D eigenvalue weighted by atomic mass is 9.83. The number of hydrogen-bond donors (Lipinski definition) is 1. The van der Waals surface area contributed by atoms with E-state index >= 15 is 0 Å². The predicted octanol–water partition coefficient (Wildman–Crippen LogP) is 3.29. The summed E-state index contributed by atoms with van der Waals surface area (Å²) >= 11 is 3.49. The SMILES string of the molecule is COc1cc(C2C(C#N)=C(N)Oc3c2ccc(N(C)C)c3OC=O)cc(Br)c1OC. The Morgan fingerprint density at radius 2 is 1.97 bits per heavy atom. The number of benzene rings is 2. The van der Waals surface area contributed by atoms with E-state index in [4.69, 9.17) is 24.7 Å². The number of rotatable bonds is 6. The summed E-state index contributed by atoms with van der Waals surface area (Å²) in [5.74, 6) is 0.877. The highest BCUT2D eigenvalue weighted by atomic mass is 79.9. The fourth-order valence-electron chi connectivity index (χ4n) is 3.45. The largest absolute Gasteiger partial charge is 0.493 e. The van der Waals surface area contributed by atoms with Gasteiger partial charge < -0.3 is 29.6 Å². The van der Waals surface area contributed by atoms with Crippen LogP contribution in [-0.4, -0.2) is 34.8 Å². The van der Waals surface area contributed by atoms with Gasteiger partial charge in [0.15, 0.2) is 23.0 Å². The zero-order valence-corrected chi connectivity index (χ0v) is 18.4. The van der Waals surface area contributed by atoms with Gasteiger partial charge in [0, 0.05) is 19.7 Å². The highest BCUT2D eigenvalue weighted by molar-refractivity contribution is 9.10. The highest BCUT2D eigenvalue weighted by Gasteiger charge is 2.35. The fourth-order valence-corrected chi connectivity index (χ4v) is 4.07. The number of nitrogens with two attached hydrogens (primary N) is 1. The van der Waals surface area contributed by atoms with E-state index < -0.39 is 5.92 Å². The first-order chi connectivity index (χ1) is 14.4. The van der Waals surface area contributed by atoms with E-state index in [0.717, 1.165) is 5.56 Å². The first-order valence-electron chi connectivity index (χ1n) is 8.81. The van der Waals surface area contributed by atoms with Crippen LogP contribution in [0.4, 0.5) is 5.69 Å². The van der Waals surface area contributed by atoms with Crippen LogP contribution in [0.15, 0.2) is 40.2 Å². The van der Waals surface area contributed by atoms with Gasteiger partial charge in [-0.05, 0) is 39.7 Å². The lowest BCUT2D eigenvalue weighted by Gasteiger charge is -2.29. The van der Waals surface area contributed by atoms with Crippen LogP contribution < -0.4 is 29.6 Å². The minimum absolute atomic E-state index is 0.0624. The van der Waals surface area contributed by atoms with E-state index in [1.807, 2.05) is 26.2 Å². The highest BCUT2D eigenvalue weighted by Crippen LogP contribution is 2.51. The van der Waals surface area contributed by atoms with Crippen molar-refractivity contribution in [2.45, 2.75) is 5.92 Å². The number of allylic oxidation sites excluding steroid dienone is 1. The third-order valence-corrected chi connectivity index (χ3v) is 5.35. The topological polar surface area (TPSA) is 107 Å². The van der Waals surface area contributed by atoms with Crippen molar-refractivity contribution in [3.05, 3.63) is 51.3 Å². The molecule has 0 spiro atoms. The van der Waals surface area contributed by atoms with Crippen LogP contribution in [0.25, 0.3) is 0 Å². The molecule has 0 fully saturated rings. The predicted molar refractivity (Wildman–Crippen MR) is 114 cm³/mol. The van der Waals surface area contributed by atoms with Crippen molar-refractivity contribution in [1.29, 1.82) is 5.26 Å². The van der Waals surface area contributed by atoms with E-state index in [9.17, 15) is 10.1 Å². The van der Waals surface area contributed by atoms with Gasteiger partial charge in [0.25, 0.3) is 6.47 Å².